The molecule has 1 aromatic heterocycles. The second-order valence-electron chi connectivity index (χ2n) is 4.41. The molecule has 0 saturated carbocycles. The molecular formula is C12H18N4O3S. The Hall–Kier alpha value is -1.67. The van der Waals surface area contributed by atoms with Gasteiger partial charge in [-0.1, -0.05) is 0 Å². The summed E-state index contributed by atoms with van der Waals surface area (Å²) in [7, 11) is -3.59. The van der Waals surface area contributed by atoms with Gasteiger partial charge in [-0.3, -0.25) is 4.79 Å². The molecule has 0 bridgehead atoms. The van der Waals surface area contributed by atoms with Crippen LogP contribution >= 0.6 is 0 Å². The number of rotatable bonds is 4. The first-order valence-electron chi connectivity index (χ1n) is 6.51. The Bertz CT molecular complexity index is 571. The van der Waals surface area contributed by atoms with Crippen LogP contribution in [0.3, 0.4) is 0 Å². The summed E-state index contributed by atoms with van der Waals surface area (Å²) in [6.45, 7) is 3.47. The van der Waals surface area contributed by atoms with Gasteiger partial charge in [-0.2, -0.15) is 4.31 Å². The Balaban J connectivity index is 2.18. The van der Waals surface area contributed by atoms with E-state index in [4.69, 9.17) is 0 Å². The maximum absolute atomic E-state index is 12.4. The van der Waals surface area contributed by atoms with Crippen LogP contribution in [0.2, 0.25) is 0 Å². The third kappa shape index (κ3) is 3.26. The number of nitrogens with one attached hydrogen (secondary N) is 2. The summed E-state index contributed by atoms with van der Waals surface area (Å²) in [6.07, 6.45) is 1.52. The molecule has 1 aliphatic heterocycles. The highest BCUT2D eigenvalue weighted by molar-refractivity contribution is 7.89. The summed E-state index contributed by atoms with van der Waals surface area (Å²) >= 11 is 0. The first kappa shape index (κ1) is 14.7. The van der Waals surface area contributed by atoms with Gasteiger partial charge in [0.2, 0.25) is 15.9 Å². The highest BCUT2D eigenvalue weighted by atomic mass is 32.2. The predicted molar refractivity (Wildman–Crippen MR) is 74.8 cm³/mol. The van der Waals surface area contributed by atoms with E-state index in [1.807, 2.05) is 6.92 Å². The van der Waals surface area contributed by atoms with Gasteiger partial charge in [0, 0.05) is 38.8 Å². The van der Waals surface area contributed by atoms with Gasteiger partial charge in [-0.15, -0.1) is 0 Å². The van der Waals surface area contributed by atoms with Gasteiger partial charge in [-0.05, 0) is 19.1 Å². The van der Waals surface area contributed by atoms with Crippen LogP contribution < -0.4 is 10.6 Å². The maximum Gasteiger partial charge on any atom is 0.244 e. The monoisotopic (exact) mass is 298 g/mol. The lowest BCUT2D eigenvalue weighted by Crippen LogP contribution is -2.34. The van der Waals surface area contributed by atoms with E-state index in [9.17, 15) is 13.2 Å². The number of carbonyl (C=O) groups excluding carboxylic acids is 1. The van der Waals surface area contributed by atoms with Crippen LogP contribution in [0.15, 0.2) is 23.2 Å². The minimum Gasteiger partial charge on any atom is -0.370 e. The molecule has 1 fully saturated rings. The summed E-state index contributed by atoms with van der Waals surface area (Å²) in [5, 5.41) is 5.66. The predicted octanol–water partition coefficient (Wildman–Crippen LogP) is 0.0240. The van der Waals surface area contributed by atoms with Crippen molar-refractivity contribution in [3.8, 4) is 0 Å². The Morgan fingerprint density at radius 1 is 1.40 bits per heavy atom. The average molecular weight is 298 g/mol. The second kappa shape index (κ2) is 6.19. The molecule has 2 N–H and O–H groups in total. The van der Waals surface area contributed by atoms with Crippen molar-refractivity contribution in [3.63, 3.8) is 0 Å². The number of nitrogens with zero attached hydrogens (tertiary/aromatic N) is 2. The fourth-order valence-electron chi connectivity index (χ4n) is 1.95. The smallest absolute Gasteiger partial charge is 0.244 e. The van der Waals surface area contributed by atoms with Crippen LogP contribution in [0.4, 0.5) is 5.82 Å². The number of anilines is 1. The molecule has 0 aromatic carbocycles. The summed E-state index contributed by atoms with van der Waals surface area (Å²) in [5.41, 5.74) is 0. The van der Waals surface area contributed by atoms with E-state index in [0.29, 0.717) is 12.4 Å². The molecule has 2 heterocycles. The quantitative estimate of drug-likeness (QED) is 0.818. The minimum absolute atomic E-state index is 0.122. The van der Waals surface area contributed by atoms with E-state index in [0.717, 1.165) is 6.54 Å². The first-order chi connectivity index (χ1) is 9.54. The van der Waals surface area contributed by atoms with Crippen molar-refractivity contribution in [1.82, 2.24) is 14.6 Å². The Morgan fingerprint density at radius 2 is 2.20 bits per heavy atom. The van der Waals surface area contributed by atoms with Crippen LogP contribution in [-0.2, 0) is 14.8 Å². The third-order valence-electron chi connectivity index (χ3n) is 3.00. The molecule has 110 valence electrons. The largest absolute Gasteiger partial charge is 0.370 e. The van der Waals surface area contributed by atoms with Gasteiger partial charge in [-0.25, -0.2) is 13.4 Å². The molecule has 7 nitrogen and oxygen atoms in total. The molecule has 1 amide bonds. The molecule has 0 aliphatic carbocycles. The zero-order valence-corrected chi connectivity index (χ0v) is 12.1. The van der Waals surface area contributed by atoms with Crippen molar-refractivity contribution in [1.29, 1.82) is 0 Å². The van der Waals surface area contributed by atoms with E-state index in [-0.39, 0.29) is 30.3 Å². The topological polar surface area (TPSA) is 91.4 Å². The lowest BCUT2D eigenvalue weighted by molar-refractivity contribution is -0.120. The standard InChI is InChI=1S/C12H18N4O3S/c1-2-13-11-4-3-10(9-15-11)20(18,19)16-7-5-12(17)14-6-8-16/h3-4,9H,2,5-8H2,1H3,(H,13,15)(H,14,17). The second-order valence-corrected chi connectivity index (χ2v) is 6.35. The van der Waals surface area contributed by atoms with E-state index in [2.05, 4.69) is 15.6 Å². The van der Waals surface area contributed by atoms with Crippen molar-refractivity contribution in [2.75, 3.05) is 31.5 Å². The van der Waals surface area contributed by atoms with Crippen molar-refractivity contribution >= 4 is 21.7 Å². The van der Waals surface area contributed by atoms with Gasteiger partial charge in [0.1, 0.15) is 10.7 Å². The van der Waals surface area contributed by atoms with E-state index in [1.54, 1.807) is 6.07 Å². The van der Waals surface area contributed by atoms with Crippen LogP contribution in [0.1, 0.15) is 13.3 Å². The zero-order chi connectivity index (χ0) is 14.6. The lowest BCUT2D eigenvalue weighted by atomic mass is 10.4. The van der Waals surface area contributed by atoms with Crippen molar-refractivity contribution in [3.05, 3.63) is 18.3 Å². The Morgan fingerprint density at radius 3 is 2.85 bits per heavy atom. The number of sulfonamides is 1. The number of aromatic nitrogens is 1. The molecule has 1 aliphatic rings. The minimum atomic E-state index is -3.59. The molecule has 0 unspecified atom stereocenters. The normalized spacial score (nSPS) is 17.4. The van der Waals surface area contributed by atoms with Gasteiger partial charge >= 0.3 is 0 Å². The molecule has 0 spiro atoms. The van der Waals surface area contributed by atoms with Crippen LogP contribution in [0.5, 0.6) is 0 Å². The van der Waals surface area contributed by atoms with E-state index < -0.39 is 10.0 Å². The molecule has 1 aromatic rings. The van der Waals surface area contributed by atoms with Crippen LogP contribution in [0, 0.1) is 0 Å². The molecule has 0 radical (unpaired) electrons. The van der Waals surface area contributed by atoms with Gasteiger partial charge in [0.25, 0.3) is 0 Å². The third-order valence-corrected chi connectivity index (χ3v) is 4.89. The zero-order valence-electron chi connectivity index (χ0n) is 11.3. The lowest BCUT2D eigenvalue weighted by Gasteiger charge is -2.19. The van der Waals surface area contributed by atoms with Gasteiger partial charge < -0.3 is 10.6 Å². The molecule has 20 heavy (non-hydrogen) atoms. The molecule has 2 rings (SSSR count). The average Bonchev–Trinajstić information content (AvgIpc) is 2.65. The highest BCUT2D eigenvalue weighted by Crippen LogP contribution is 2.17. The van der Waals surface area contributed by atoms with E-state index >= 15 is 0 Å². The van der Waals surface area contributed by atoms with E-state index in [1.165, 1.54) is 16.6 Å². The number of hydrogen-bond donors (Lipinski definition) is 2. The number of hydrogen-bond acceptors (Lipinski definition) is 5. The maximum atomic E-state index is 12.4. The fraction of sp³-hybridized carbons (Fsp3) is 0.500. The molecule has 8 heteroatoms. The number of amides is 1. The molecular weight excluding hydrogens is 280 g/mol. The highest BCUT2D eigenvalue weighted by Gasteiger charge is 2.26. The summed E-state index contributed by atoms with van der Waals surface area (Å²) < 4.78 is 26.2. The van der Waals surface area contributed by atoms with Gasteiger partial charge in [0.15, 0.2) is 0 Å². The summed E-state index contributed by atoms with van der Waals surface area (Å²) in [5.74, 6) is 0.516. The van der Waals surface area contributed by atoms with Crippen molar-refractivity contribution in [2.45, 2.75) is 18.2 Å². The molecule has 0 atom stereocenters. The van der Waals surface area contributed by atoms with Crippen molar-refractivity contribution in [2.24, 2.45) is 0 Å². The summed E-state index contributed by atoms with van der Waals surface area (Å²) in [6, 6.07) is 3.16. The van der Waals surface area contributed by atoms with Crippen molar-refractivity contribution < 1.29 is 13.2 Å². The Labute approximate surface area is 118 Å². The van der Waals surface area contributed by atoms with Crippen LogP contribution in [-0.4, -0.2) is 49.8 Å². The fourth-order valence-corrected chi connectivity index (χ4v) is 3.34. The SMILES string of the molecule is CCNc1ccc(S(=O)(=O)N2CCNC(=O)CC2)cn1. The van der Waals surface area contributed by atoms with Gasteiger partial charge in [0.05, 0.1) is 0 Å². The summed E-state index contributed by atoms with van der Waals surface area (Å²) in [4.78, 5) is 15.5. The number of pyridine rings is 1. The Kier molecular flexibility index (Phi) is 4.56. The number of carbonyl (C=O) groups is 1. The van der Waals surface area contributed by atoms with Crippen LogP contribution in [0.25, 0.3) is 0 Å². The molecule has 1 saturated heterocycles. The first-order valence-corrected chi connectivity index (χ1v) is 7.95.